The fraction of sp³-hybridized carbons (Fsp3) is 0.500. The fourth-order valence-electron chi connectivity index (χ4n) is 1.81. The number of rotatable bonds is 6. The molecule has 0 radical (unpaired) electrons. The Balaban J connectivity index is 3.20. The molecule has 1 aromatic rings. The number of nitrogens with zero attached hydrogens (tertiary/aromatic N) is 4. The molecule has 0 saturated carbocycles. The molecule has 9 heteroatoms. The molecule has 0 aliphatic rings. The number of hydrogen-bond donors (Lipinski definition) is 3. The summed E-state index contributed by atoms with van der Waals surface area (Å²) in [6.07, 6.45) is 1.85. The minimum Gasteiger partial charge on any atom is -0.382 e. The van der Waals surface area contributed by atoms with Crippen LogP contribution in [0.15, 0.2) is 4.99 Å². The van der Waals surface area contributed by atoms with Crippen LogP contribution in [0.1, 0.15) is 37.2 Å². The van der Waals surface area contributed by atoms with Crippen molar-refractivity contribution in [1.29, 1.82) is 0 Å². The van der Waals surface area contributed by atoms with Crippen LogP contribution in [-0.4, -0.2) is 34.9 Å². The van der Waals surface area contributed by atoms with Crippen molar-refractivity contribution in [2.24, 2.45) is 16.5 Å². The molecule has 1 aromatic heterocycles. The summed E-state index contributed by atoms with van der Waals surface area (Å²) in [6.45, 7) is 5.62. The smallest absolute Gasteiger partial charge is 0.302 e. The SMILES string of the molecule is CCCN(CCC)c1nc(N)c(C(=O)N=C(N)N)nc1Cl. The number of hydrogen-bond acceptors (Lipinski definition) is 5. The van der Waals surface area contributed by atoms with Gasteiger partial charge in [-0.2, -0.15) is 4.99 Å². The van der Waals surface area contributed by atoms with Crippen molar-refractivity contribution in [3.63, 3.8) is 0 Å². The van der Waals surface area contributed by atoms with E-state index in [-0.39, 0.29) is 22.6 Å². The standard InChI is InChI=1S/C12H20ClN7O/c1-3-5-20(6-4-2)10-8(13)17-7(9(14)18-10)11(21)19-12(15)16/h3-6H2,1-2H3,(H2,14,18)(H4,15,16,19,21). The lowest BCUT2D eigenvalue weighted by Crippen LogP contribution is -2.28. The Morgan fingerprint density at radius 3 is 2.29 bits per heavy atom. The second-order valence-electron chi connectivity index (χ2n) is 4.40. The second kappa shape index (κ2) is 7.63. The first-order chi connectivity index (χ1) is 9.90. The molecule has 1 rings (SSSR count). The highest BCUT2D eigenvalue weighted by Crippen LogP contribution is 2.25. The molecule has 0 spiro atoms. The number of amides is 1. The first kappa shape index (κ1) is 17.0. The number of aliphatic imine (C=N–C) groups is 1. The highest BCUT2D eigenvalue weighted by molar-refractivity contribution is 6.32. The molecular weight excluding hydrogens is 294 g/mol. The summed E-state index contributed by atoms with van der Waals surface area (Å²) in [5.74, 6) is -0.744. The highest BCUT2D eigenvalue weighted by atomic mass is 35.5. The zero-order valence-corrected chi connectivity index (χ0v) is 12.9. The maximum atomic E-state index is 11.8. The maximum Gasteiger partial charge on any atom is 0.302 e. The van der Waals surface area contributed by atoms with Crippen molar-refractivity contribution in [3.05, 3.63) is 10.8 Å². The number of carbonyl (C=O) groups excluding carboxylic acids is 1. The van der Waals surface area contributed by atoms with Crippen LogP contribution < -0.4 is 22.1 Å². The highest BCUT2D eigenvalue weighted by Gasteiger charge is 2.19. The van der Waals surface area contributed by atoms with Crippen molar-refractivity contribution >= 4 is 35.1 Å². The van der Waals surface area contributed by atoms with E-state index in [1.54, 1.807) is 0 Å². The summed E-state index contributed by atoms with van der Waals surface area (Å²) in [7, 11) is 0. The van der Waals surface area contributed by atoms with E-state index in [4.69, 9.17) is 28.8 Å². The topological polar surface area (TPSA) is 137 Å². The Kier molecular flexibility index (Phi) is 6.16. The Morgan fingerprint density at radius 2 is 1.81 bits per heavy atom. The quantitative estimate of drug-likeness (QED) is 0.520. The lowest BCUT2D eigenvalue weighted by atomic mass is 10.3. The van der Waals surface area contributed by atoms with Crippen LogP contribution in [0, 0.1) is 0 Å². The van der Waals surface area contributed by atoms with Gasteiger partial charge in [-0.3, -0.25) is 4.79 Å². The molecule has 6 N–H and O–H groups in total. The van der Waals surface area contributed by atoms with Gasteiger partial charge in [-0.1, -0.05) is 25.4 Å². The van der Waals surface area contributed by atoms with E-state index in [9.17, 15) is 4.79 Å². The summed E-state index contributed by atoms with van der Waals surface area (Å²) in [5.41, 5.74) is 15.9. The van der Waals surface area contributed by atoms with Gasteiger partial charge in [-0.05, 0) is 12.8 Å². The van der Waals surface area contributed by atoms with Gasteiger partial charge in [0.05, 0.1) is 0 Å². The van der Waals surface area contributed by atoms with Crippen LogP contribution in [0.2, 0.25) is 5.15 Å². The Labute approximate surface area is 128 Å². The zero-order valence-electron chi connectivity index (χ0n) is 12.1. The minimum absolute atomic E-state index is 0.0541. The average Bonchev–Trinajstić information content (AvgIpc) is 2.40. The monoisotopic (exact) mass is 313 g/mol. The van der Waals surface area contributed by atoms with Gasteiger partial charge in [-0.15, -0.1) is 0 Å². The normalized spacial score (nSPS) is 10.2. The molecule has 0 aromatic carbocycles. The summed E-state index contributed by atoms with van der Waals surface area (Å²) < 4.78 is 0. The Morgan fingerprint density at radius 1 is 1.24 bits per heavy atom. The van der Waals surface area contributed by atoms with Crippen LogP contribution >= 0.6 is 11.6 Å². The van der Waals surface area contributed by atoms with Crippen molar-refractivity contribution in [2.45, 2.75) is 26.7 Å². The lowest BCUT2D eigenvalue weighted by Gasteiger charge is -2.23. The summed E-state index contributed by atoms with van der Waals surface area (Å²) in [6, 6.07) is 0. The molecule has 1 heterocycles. The Hall–Kier alpha value is -2.09. The molecular formula is C12H20ClN7O. The molecule has 0 bridgehead atoms. The number of aromatic nitrogens is 2. The molecule has 21 heavy (non-hydrogen) atoms. The van der Waals surface area contributed by atoms with Gasteiger partial charge in [-0.25, -0.2) is 9.97 Å². The number of halogens is 1. The minimum atomic E-state index is -0.772. The summed E-state index contributed by atoms with van der Waals surface area (Å²) in [5, 5.41) is 0.0974. The van der Waals surface area contributed by atoms with E-state index in [1.807, 2.05) is 18.7 Å². The van der Waals surface area contributed by atoms with Crippen LogP contribution in [0.3, 0.4) is 0 Å². The molecule has 0 aliphatic heterocycles. The van der Waals surface area contributed by atoms with Gasteiger partial charge in [0.15, 0.2) is 28.4 Å². The second-order valence-corrected chi connectivity index (χ2v) is 4.76. The molecule has 8 nitrogen and oxygen atoms in total. The van der Waals surface area contributed by atoms with Gasteiger partial charge in [0, 0.05) is 13.1 Å². The van der Waals surface area contributed by atoms with E-state index in [0.29, 0.717) is 5.82 Å². The maximum absolute atomic E-state index is 11.8. The van der Waals surface area contributed by atoms with E-state index >= 15 is 0 Å². The van der Waals surface area contributed by atoms with Crippen molar-refractivity contribution in [1.82, 2.24) is 9.97 Å². The van der Waals surface area contributed by atoms with E-state index < -0.39 is 5.91 Å². The van der Waals surface area contributed by atoms with Gasteiger partial charge < -0.3 is 22.1 Å². The number of nitrogen functional groups attached to an aromatic ring is 1. The van der Waals surface area contributed by atoms with Gasteiger partial charge in [0.2, 0.25) is 0 Å². The predicted molar refractivity (Wildman–Crippen MR) is 84.4 cm³/mol. The number of carbonyl (C=O) groups is 1. The van der Waals surface area contributed by atoms with Crippen LogP contribution in [0.4, 0.5) is 11.6 Å². The number of guanidine groups is 1. The van der Waals surface area contributed by atoms with Crippen molar-refractivity contribution < 1.29 is 4.79 Å². The van der Waals surface area contributed by atoms with Gasteiger partial charge in [0.1, 0.15) is 0 Å². The number of nitrogens with two attached hydrogens (primary N) is 3. The largest absolute Gasteiger partial charge is 0.382 e. The third-order valence-corrected chi connectivity index (χ3v) is 2.84. The van der Waals surface area contributed by atoms with Crippen molar-refractivity contribution in [3.8, 4) is 0 Å². The van der Waals surface area contributed by atoms with Crippen molar-refractivity contribution in [2.75, 3.05) is 23.7 Å². The average molecular weight is 314 g/mol. The molecule has 0 saturated heterocycles. The number of anilines is 2. The molecule has 0 atom stereocenters. The fourth-order valence-corrected chi connectivity index (χ4v) is 2.06. The van der Waals surface area contributed by atoms with E-state index in [0.717, 1.165) is 25.9 Å². The molecule has 1 amide bonds. The lowest BCUT2D eigenvalue weighted by molar-refractivity contribution is 0.0998. The van der Waals surface area contributed by atoms with Gasteiger partial charge >= 0.3 is 5.91 Å². The molecule has 0 unspecified atom stereocenters. The zero-order chi connectivity index (χ0) is 16.0. The van der Waals surface area contributed by atoms with Crippen LogP contribution in [0.25, 0.3) is 0 Å². The van der Waals surface area contributed by atoms with E-state index in [2.05, 4.69) is 15.0 Å². The van der Waals surface area contributed by atoms with Gasteiger partial charge in [0.25, 0.3) is 0 Å². The first-order valence-electron chi connectivity index (χ1n) is 6.62. The van der Waals surface area contributed by atoms with Crippen LogP contribution in [-0.2, 0) is 0 Å². The molecule has 0 fully saturated rings. The predicted octanol–water partition coefficient (Wildman–Crippen LogP) is 0.752. The van der Waals surface area contributed by atoms with Crippen LogP contribution in [0.5, 0.6) is 0 Å². The Bertz CT molecular complexity index is 537. The first-order valence-corrected chi connectivity index (χ1v) is 7.00. The summed E-state index contributed by atoms with van der Waals surface area (Å²) in [4.78, 5) is 25.3. The third-order valence-electron chi connectivity index (χ3n) is 2.58. The molecule has 116 valence electrons. The van der Waals surface area contributed by atoms with E-state index in [1.165, 1.54) is 0 Å². The summed E-state index contributed by atoms with van der Waals surface area (Å²) >= 11 is 6.11. The third kappa shape index (κ3) is 4.45. The molecule has 0 aliphatic carbocycles.